The quantitative estimate of drug-likeness (QED) is 0.534. The van der Waals surface area contributed by atoms with E-state index in [-0.39, 0.29) is 11.1 Å². The molecule has 0 unspecified atom stereocenters. The number of nitrogens with zero attached hydrogens (tertiary/aromatic N) is 1. The number of amides is 2. The Balaban J connectivity index is 1.78. The number of benzene rings is 2. The van der Waals surface area contributed by atoms with Crippen LogP contribution < -0.4 is 9.47 Å². The van der Waals surface area contributed by atoms with E-state index in [1.807, 2.05) is 43.3 Å². The molecule has 3 rings (SSSR count). The van der Waals surface area contributed by atoms with Crippen LogP contribution in [0.2, 0.25) is 0 Å². The van der Waals surface area contributed by atoms with Gasteiger partial charge in [0.2, 0.25) is 0 Å². The van der Waals surface area contributed by atoms with Gasteiger partial charge >= 0.3 is 0 Å². The molecule has 0 bridgehead atoms. The third-order valence-electron chi connectivity index (χ3n) is 4.18. The van der Waals surface area contributed by atoms with Crippen LogP contribution >= 0.6 is 27.7 Å². The lowest BCUT2D eigenvalue weighted by Crippen LogP contribution is -2.30. The van der Waals surface area contributed by atoms with Gasteiger partial charge in [0.25, 0.3) is 11.1 Å². The molecule has 1 aliphatic heterocycles. The summed E-state index contributed by atoms with van der Waals surface area (Å²) in [6.07, 6.45) is 2.34. The van der Waals surface area contributed by atoms with Crippen LogP contribution in [0.1, 0.15) is 18.1 Å². The van der Waals surface area contributed by atoms with Crippen molar-refractivity contribution >= 4 is 44.9 Å². The van der Waals surface area contributed by atoms with Crippen molar-refractivity contribution in [1.82, 2.24) is 4.90 Å². The van der Waals surface area contributed by atoms with Crippen LogP contribution in [0.15, 0.2) is 51.8 Å². The zero-order valence-corrected chi connectivity index (χ0v) is 18.0. The maximum atomic E-state index is 12.7. The molecule has 1 saturated heterocycles. The summed E-state index contributed by atoms with van der Waals surface area (Å²) in [5.74, 6) is 0.902. The molecule has 0 radical (unpaired) electrons. The van der Waals surface area contributed by atoms with Crippen molar-refractivity contribution in [1.29, 1.82) is 0 Å². The third-order valence-corrected chi connectivity index (χ3v) is 5.68. The van der Waals surface area contributed by atoms with Gasteiger partial charge in [0, 0.05) is 6.54 Å². The van der Waals surface area contributed by atoms with Crippen LogP contribution in [-0.4, -0.2) is 36.3 Å². The van der Waals surface area contributed by atoms with E-state index < -0.39 is 0 Å². The van der Waals surface area contributed by atoms with Crippen LogP contribution in [0, 0.1) is 0 Å². The lowest BCUT2D eigenvalue weighted by molar-refractivity contribution is -0.122. The highest BCUT2D eigenvalue weighted by Crippen LogP contribution is 2.39. The van der Waals surface area contributed by atoms with Crippen LogP contribution in [-0.2, 0) is 11.2 Å². The monoisotopic (exact) mass is 461 g/mol. The Hall–Kier alpha value is -2.25. The number of carbonyl (C=O) groups excluding carboxylic acids is 2. The summed E-state index contributed by atoms with van der Waals surface area (Å²) < 4.78 is 11.7. The summed E-state index contributed by atoms with van der Waals surface area (Å²) in [4.78, 5) is 26.7. The van der Waals surface area contributed by atoms with E-state index >= 15 is 0 Å². The molecule has 1 heterocycles. The molecule has 7 heteroatoms. The minimum absolute atomic E-state index is 0.246. The summed E-state index contributed by atoms with van der Waals surface area (Å²) >= 11 is 4.43. The first-order chi connectivity index (χ1) is 13.5. The van der Waals surface area contributed by atoms with Gasteiger partial charge in [0.05, 0.1) is 23.1 Å². The first-order valence-corrected chi connectivity index (χ1v) is 10.4. The van der Waals surface area contributed by atoms with E-state index in [0.717, 1.165) is 27.4 Å². The Morgan fingerprint density at radius 3 is 2.61 bits per heavy atom. The molecule has 1 aliphatic rings. The van der Waals surface area contributed by atoms with Gasteiger partial charge in [-0.15, -0.1) is 0 Å². The third kappa shape index (κ3) is 4.59. The SMILES string of the molecule is CCOc1c(Br)cc(/C=C2\SC(=O)N(CCc3ccccc3)C2=O)cc1OC. The van der Waals surface area contributed by atoms with Gasteiger partial charge in [-0.2, -0.15) is 0 Å². The fraction of sp³-hybridized carbons (Fsp3) is 0.238. The second-order valence-electron chi connectivity index (χ2n) is 6.04. The maximum Gasteiger partial charge on any atom is 0.293 e. The Kier molecular flexibility index (Phi) is 6.80. The molecular weight excluding hydrogens is 442 g/mol. The lowest BCUT2D eigenvalue weighted by Gasteiger charge is -2.13. The summed E-state index contributed by atoms with van der Waals surface area (Å²) in [5.41, 5.74) is 1.84. The van der Waals surface area contributed by atoms with Crippen LogP contribution in [0.3, 0.4) is 0 Å². The second kappa shape index (κ2) is 9.30. The summed E-state index contributed by atoms with van der Waals surface area (Å²) in [6, 6.07) is 13.4. The molecule has 0 atom stereocenters. The summed E-state index contributed by atoms with van der Waals surface area (Å²) in [5, 5.41) is -0.246. The maximum absolute atomic E-state index is 12.7. The van der Waals surface area contributed by atoms with Crippen molar-refractivity contribution < 1.29 is 19.1 Å². The average molecular weight is 462 g/mol. The second-order valence-corrected chi connectivity index (χ2v) is 7.88. The van der Waals surface area contributed by atoms with Crippen molar-refractivity contribution in [3.8, 4) is 11.5 Å². The zero-order valence-electron chi connectivity index (χ0n) is 15.6. The fourth-order valence-corrected chi connectivity index (χ4v) is 4.28. The molecule has 146 valence electrons. The molecule has 0 aliphatic carbocycles. The molecule has 0 aromatic heterocycles. The molecule has 2 aromatic carbocycles. The number of rotatable bonds is 7. The number of hydrogen-bond donors (Lipinski definition) is 0. The van der Waals surface area contributed by atoms with E-state index in [0.29, 0.717) is 36.0 Å². The van der Waals surface area contributed by atoms with Crippen molar-refractivity contribution in [3.05, 3.63) is 63.0 Å². The van der Waals surface area contributed by atoms with Crippen LogP contribution in [0.5, 0.6) is 11.5 Å². The van der Waals surface area contributed by atoms with Gasteiger partial charge in [-0.25, -0.2) is 0 Å². The normalized spacial score (nSPS) is 15.4. The van der Waals surface area contributed by atoms with Gasteiger partial charge in [-0.05, 0) is 70.4 Å². The molecule has 0 saturated carbocycles. The Morgan fingerprint density at radius 2 is 1.93 bits per heavy atom. The lowest BCUT2D eigenvalue weighted by atomic mass is 10.1. The summed E-state index contributed by atoms with van der Waals surface area (Å²) in [6.45, 7) is 2.77. The average Bonchev–Trinajstić information content (AvgIpc) is 2.95. The Labute approximate surface area is 176 Å². The predicted octanol–water partition coefficient (Wildman–Crippen LogP) is 5.14. The van der Waals surface area contributed by atoms with E-state index in [4.69, 9.17) is 9.47 Å². The number of thioether (sulfide) groups is 1. The van der Waals surface area contributed by atoms with Crippen molar-refractivity contribution in [2.24, 2.45) is 0 Å². The van der Waals surface area contributed by atoms with Crippen molar-refractivity contribution in [2.75, 3.05) is 20.3 Å². The van der Waals surface area contributed by atoms with Crippen LogP contribution in [0.4, 0.5) is 4.79 Å². The summed E-state index contributed by atoms with van der Waals surface area (Å²) in [7, 11) is 1.56. The molecule has 1 fully saturated rings. The number of methoxy groups -OCH3 is 1. The zero-order chi connectivity index (χ0) is 20.1. The molecular formula is C21H20BrNO4S. The molecule has 0 spiro atoms. The topological polar surface area (TPSA) is 55.8 Å². The molecule has 28 heavy (non-hydrogen) atoms. The number of halogens is 1. The van der Waals surface area contributed by atoms with E-state index in [1.54, 1.807) is 19.3 Å². The smallest absolute Gasteiger partial charge is 0.293 e. The first kappa shape index (κ1) is 20.5. The number of ether oxygens (including phenoxy) is 2. The van der Waals surface area contributed by atoms with Gasteiger partial charge < -0.3 is 9.47 Å². The number of imide groups is 1. The Bertz CT molecular complexity index is 914. The molecule has 2 aromatic rings. The Morgan fingerprint density at radius 1 is 1.18 bits per heavy atom. The largest absolute Gasteiger partial charge is 0.493 e. The fourth-order valence-electron chi connectivity index (χ4n) is 2.84. The van der Waals surface area contributed by atoms with E-state index in [9.17, 15) is 9.59 Å². The highest BCUT2D eigenvalue weighted by Gasteiger charge is 2.34. The van der Waals surface area contributed by atoms with E-state index in [2.05, 4.69) is 15.9 Å². The van der Waals surface area contributed by atoms with Gasteiger partial charge in [0.1, 0.15) is 0 Å². The van der Waals surface area contributed by atoms with Crippen molar-refractivity contribution in [2.45, 2.75) is 13.3 Å². The standard InChI is InChI=1S/C21H20BrNO4S/c1-3-27-19-16(22)11-15(12-17(19)26-2)13-18-20(24)23(21(25)28-18)10-9-14-7-5-4-6-8-14/h4-8,11-13H,3,9-10H2,1-2H3/b18-13-. The predicted molar refractivity (Wildman–Crippen MR) is 115 cm³/mol. The van der Waals surface area contributed by atoms with E-state index in [1.165, 1.54) is 4.90 Å². The first-order valence-electron chi connectivity index (χ1n) is 8.83. The van der Waals surface area contributed by atoms with Crippen LogP contribution in [0.25, 0.3) is 6.08 Å². The molecule has 0 N–H and O–H groups in total. The number of hydrogen-bond acceptors (Lipinski definition) is 5. The minimum Gasteiger partial charge on any atom is -0.493 e. The highest BCUT2D eigenvalue weighted by atomic mass is 79.9. The van der Waals surface area contributed by atoms with Gasteiger partial charge in [-0.1, -0.05) is 30.3 Å². The molecule has 5 nitrogen and oxygen atoms in total. The minimum atomic E-state index is -0.269. The van der Waals surface area contributed by atoms with Gasteiger partial charge in [0.15, 0.2) is 11.5 Å². The molecule has 2 amide bonds. The van der Waals surface area contributed by atoms with Gasteiger partial charge in [-0.3, -0.25) is 14.5 Å². The highest BCUT2D eigenvalue weighted by molar-refractivity contribution is 9.10. The van der Waals surface area contributed by atoms with Crippen molar-refractivity contribution in [3.63, 3.8) is 0 Å². The number of carbonyl (C=O) groups is 2.